The van der Waals surface area contributed by atoms with Gasteiger partial charge in [-0.05, 0) is 87.9 Å². The van der Waals surface area contributed by atoms with Crippen molar-refractivity contribution in [3.63, 3.8) is 0 Å². The topological polar surface area (TPSA) is 35.5 Å². The average molecular weight is 481 g/mol. The first-order valence-electron chi connectivity index (χ1n) is 13.4. The molecular formula is C28H39F3O3. The van der Waals surface area contributed by atoms with Gasteiger partial charge in [0.2, 0.25) is 0 Å². The van der Waals surface area contributed by atoms with Gasteiger partial charge in [0.1, 0.15) is 5.75 Å². The molecule has 0 amide bonds. The second-order valence-corrected chi connectivity index (χ2v) is 10.9. The second kappa shape index (κ2) is 11.9. The lowest BCUT2D eigenvalue weighted by Crippen LogP contribution is -2.32. The molecule has 6 heteroatoms. The van der Waals surface area contributed by atoms with Crippen LogP contribution in [0.4, 0.5) is 13.2 Å². The number of carbonyl (C=O) groups excluding carboxylic acids is 1. The van der Waals surface area contributed by atoms with Crippen molar-refractivity contribution in [1.82, 2.24) is 0 Å². The molecule has 4 rings (SSSR count). The van der Waals surface area contributed by atoms with E-state index in [2.05, 4.69) is 6.92 Å². The average Bonchev–Trinajstić information content (AvgIpc) is 2.86. The normalized spacial score (nSPS) is 32.4. The number of carbonyl (C=O) groups is 1. The molecule has 0 spiro atoms. The molecule has 34 heavy (non-hydrogen) atoms. The summed E-state index contributed by atoms with van der Waals surface area (Å²) in [5, 5.41) is 0. The van der Waals surface area contributed by atoms with Gasteiger partial charge in [-0.15, -0.1) is 0 Å². The molecule has 3 aliphatic carbocycles. The molecule has 3 nitrogen and oxygen atoms in total. The van der Waals surface area contributed by atoms with E-state index < -0.39 is 23.4 Å². The van der Waals surface area contributed by atoms with Crippen LogP contribution >= 0.6 is 0 Å². The van der Waals surface area contributed by atoms with Crippen LogP contribution in [0.25, 0.3) is 0 Å². The molecule has 3 saturated carbocycles. The molecule has 0 aromatic heterocycles. The summed E-state index contributed by atoms with van der Waals surface area (Å²) in [5.41, 5.74) is 0. The number of rotatable bonds is 7. The molecule has 0 unspecified atom stereocenters. The number of esters is 1. The van der Waals surface area contributed by atoms with E-state index in [0.717, 1.165) is 69.1 Å². The monoisotopic (exact) mass is 480 g/mol. The van der Waals surface area contributed by atoms with Crippen LogP contribution in [0.5, 0.6) is 5.75 Å². The van der Waals surface area contributed by atoms with Crippen molar-refractivity contribution in [3.8, 4) is 5.75 Å². The summed E-state index contributed by atoms with van der Waals surface area (Å²) in [6, 6.07) is 1.44. The van der Waals surface area contributed by atoms with Crippen molar-refractivity contribution in [2.75, 3.05) is 6.61 Å². The van der Waals surface area contributed by atoms with E-state index in [1.807, 2.05) is 0 Å². The lowest BCUT2D eigenvalue weighted by Gasteiger charge is -2.37. The van der Waals surface area contributed by atoms with E-state index >= 15 is 0 Å². The van der Waals surface area contributed by atoms with Crippen molar-refractivity contribution < 1.29 is 27.4 Å². The van der Waals surface area contributed by atoms with Gasteiger partial charge in [0.15, 0.2) is 17.5 Å². The van der Waals surface area contributed by atoms with Gasteiger partial charge < -0.3 is 9.47 Å². The minimum atomic E-state index is -1.56. The lowest BCUT2D eigenvalue weighted by molar-refractivity contribution is -0.140. The molecule has 0 bridgehead atoms. The highest BCUT2D eigenvalue weighted by Gasteiger charge is 2.34. The number of hydrogen-bond donors (Lipinski definition) is 0. The van der Waals surface area contributed by atoms with E-state index in [4.69, 9.17) is 9.47 Å². The number of halogens is 3. The second-order valence-electron chi connectivity index (χ2n) is 10.9. The highest BCUT2D eigenvalue weighted by Crippen LogP contribution is 2.41. The molecule has 0 aliphatic heterocycles. The van der Waals surface area contributed by atoms with Crippen LogP contribution in [0.3, 0.4) is 0 Å². The van der Waals surface area contributed by atoms with Crippen molar-refractivity contribution >= 4 is 5.97 Å². The van der Waals surface area contributed by atoms with Gasteiger partial charge in [-0.3, -0.25) is 4.79 Å². The zero-order valence-corrected chi connectivity index (χ0v) is 20.4. The molecule has 0 heterocycles. The van der Waals surface area contributed by atoms with Crippen molar-refractivity contribution in [1.29, 1.82) is 0 Å². The Balaban J connectivity index is 1.14. The van der Waals surface area contributed by atoms with Crippen molar-refractivity contribution in [2.45, 2.75) is 96.5 Å². The SMILES string of the molecule is CC[C@H]1CC[C@H](COC2CCC([C@H]3CC[C@H](C(=O)Oc4cc(F)c(F)c(F)c4)CC3)CC2)CC1. The first kappa shape index (κ1) is 25.5. The highest BCUT2D eigenvalue weighted by atomic mass is 19.2. The Morgan fingerprint density at radius 3 is 1.88 bits per heavy atom. The minimum absolute atomic E-state index is 0.269. The van der Waals surface area contributed by atoms with Crippen LogP contribution in [-0.2, 0) is 9.53 Å². The summed E-state index contributed by atoms with van der Waals surface area (Å²) in [6.45, 7) is 3.23. The zero-order chi connectivity index (χ0) is 24.1. The summed E-state index contributed by atoms with van der Waals surface area (Å²) >= 11 is 0. The zero-order valence-electron chi connectivity index (χ0n) is 20.4. The summed E-state index contributed by atoms with van der Waals surface area (Å²) < 4.78 is 51.3. The molecule has 1 aromatic carbocycles. The molecular weight excluding hydrogens is 441 g/mol. The summed E-state index contributed by atoms with van der Waals surface area (Å²) in [6.07, 6.45) is 15.2. The maximum atomic E-state index is 13.4. The highest BCUT2D eigenvalue weighted by molar-refractivity contribution is 5.75. The van der Waals surface area contributed by atoms with Gasteiger partial charge in [0, 0.05) is 18.7 Å². The Kier molecular flexibility index (Phi) is 8.95. The summed E-state index contributed by atoms with van der Waals surface area (Å²) in [5.74, 6) is -2.29. The van der Waals surface area contributed by atoms with Gasteiger partial charge >= 0.3 is 5.97 Å². The van der Waals surface area contributed by atoms with Crippen LogP contribution in [0.1, 0.15) is 90.4 Å². The van der Waals surface area contributed by atoms with E-state index in [1.165, 1.54) is 44.9 Å². The van der Waals surface area contributed by atoms with E-state index in [-0.39, 0.29) is 11.7 Å². The fourth-order valence-corrected chi connectivity index (χ4v) is 6.42. The molecule has 190 valence electrons. The molecule has 0 atom stereocenters. The minimum Gasteiger partial charge on any atom is -0.426 e. The molecule has 0 saturated heterocycles. The van der Waals surface area contributed by atoms with Gasteiger partial charge in [-0.1, -0.05) is 26.2 Å². The largest absolute Gasteiger partial charge is 0.426 e. The Morgan fingerprint density at radius 1 is 0.794 bits per heavy atom. The maximum absolute atomic E-state index is 13.4. The van der Waals surface area contributed by atoms with Crippen LogP contribution in [0, 0.1) is 47.0 Å². The van der Waals surface area contributed by atoms with Crippen LogP contribution in [0.15, 0.2) is 12.1 Å². The van der Waals surface area contributed by atoms with Gasteiger partial charge in [-0.25, -0.2) is 13.2 Å². The standard InChI is InChI=1S/C28H39F3O3/c1-2-18-3-5-19(6-4-18)17-33-23-13-11-21(12-14-23)20-7-9-22(10-8-20)28(32)34-24-15-25(29)27(31)26(30)16-24/h15-16,18-23H,2-14,17H2,1H3/t18-,19-,20-,21?,22-,23?. The summed E-state index contributed by atoms with van der Waals surface area (Å²) in [4.78, 5) is 12.5. The molecule has 3 fully saturated rings. The van der Waals surface area contributed by atoms with E-state index in [9.17, 15) is 18.0 Å². The fraction of sp³-hybridized carbons (Fsp3) is 0.750. The van der Waals surface area contributed by atoms with Crippen LogP contribution in [-0.4, -0.2) is 18.7 Å². The van der Waals surface area contributed by atoms with Crippen molar-refractivity contribution in [2.24, 2.45) is 29.6 Å². The number of benzene rings is 1. The smallest absolute Gasteiger partial charge is 0.314 e. The van der Waals surface area contributed by atoms with Gasteiger partial charge in [-0.2, -0.15) is 0 Å². The fourth-order valence-electron chi connectivity index (χ4n) is 6.42. The Morgan fingerprint density at radius 2 is 1.32 bits per heavy atom. The van der Waals surface area contributed by atoms with Crippen molar-refractivity contribution in [3.05, 3.63) is 29.6 Å². The molecule has 0 radical (unpaired) electrons. The van der Waals surface area contributed by atoms with E-state index in [0.29, 0.717) is 17.9 Å². The summed E-state index contributed by atoms with van der Waals surface area (Å²) in [7, 11) is 0. The third-order valence-electron chi connectivity index (χ3n) is 8.78. The predicted octanol–water partition coefficient (Wildman–Crippen LogP) is 7.61. The lowest BCUT2D eigenvalue weighted by atomic mass is 9.70. The third kappa shape index (κ3) is 6.56. The Labute approximate surface area is 201 Å². The Bertz CT molecular complexity index is 782. The van der Waals surface area contributed by atoms with Crippen LogP contribution < -0.4 is 4.74 Å². The van der Waals surface area contributed by atoms with Gasteiger partial charge in [0.05, 0.1) is 12.0 Å². The molecule has 1 aromatic rings. The maximum Gasteiger partial charge on any atom is 0.314 e. The first-order chi connectivity index (χ1) is 16.4. The number of hydrogen-bond acceptors (Lipinski definition) is 3. The quantitative estimate of drug-likeness (QED) is 0.229. The third-order valence-corrected chi connectivity index (χ3v) is 8.78. The number of ether oxygens (including phenoxy) is 2. The molecule has 3 aliphatic rings. The Hall–Kier alpha value is -1.56. The first-order valence-corrected chi connectivity index (χ1v) is 13.4. The predicted molar refractivity (Wildman–Crippen MR) is 125 cm³/mol. The van der Waals surface area contributed by atoms with Gasteiger partial charge in [0.25, 0.3) is 0 Å². The molecule has 0 N–H and O–H groups in total. The van der Waals surface area contributed by atoms with Crippen LogP contribution in [0.2, 0.25) is 0 Å². The van der Waals surface area contributed by atoms with E-state index in [1.54, 1.807) is 0 Å².